The fourth-order valence-electron chi connectivity index (χ4n) is 3.45. The number of carbonyl (C=O) groups is 4. The molecule has 0 radical (unpaired) electrons. The second kappa shape index (κ2) is 11.2. The van der Waals surface area contributed by atoms with Crippen LogP contribution in [-0.4, -0.2) is 53.0 Å². The van der Waals surface area contributed by atoms with Gasteiger partial charge in [-0.3, -0.25) is 14.4 Å². The minimum absolute atomic E-state index is 0.00951. The second-order valence-corrected chi connectivity index (χ2v) is 7.93. The number of hydrogen-bond acceptors (Lipinski definition) is 6. The van der Waals surface area contributed by atoms with Crippen molar-refractivity contribution in [3.63, 3.8) is 0 Å². The summed E-state index contributed by atoms with van der Waals surface area (Å²) in [6.07, 6.45) is 0.387. The molecule has 0 spiro atoms. The number of aromatic nitrogens is 1. The molecule has 9 nitrogen and oxygen atoms in total. The number of carbonyl (C=O) groups excluding carboxylic acids is 4. The number of ketones is 1. The van der Waals surface area contributed by atoms with Crippen LogP contribution in [0.15, 0.2) is 24.3 Å². The Morgan fingerprint density at radius 3 is 2.44 bits per heavy atom. The molecule has 4 N–H and O–H groups in total. The van der Waals surface area contributed by atoms with Gasteiger partial charge in [0.2, 0.25) is 11.8 Å². The number of ether oxygens (including phenoxy) is 1. The molecule has 0 unspecified atom stereocenters. The standard InChI is InChI=1S/C23H30N4O5/c1-13(2)32-23(31)20(10-9-16(29)12-24)27-22(30)21(26-15(4)28)11-18-14(3)25-19-8-6-5-7-17(18)19/h5-8,12-13,20-21,24-25H,9-11H2,1-4H3,(H,26,28)(H,27,30)/t20-,21-/m0/s1. The molecule has 2 rings (SSSR count). The van der Waals surface area contributed by atoms with E-state index in [0.29, 0.717) is 6.21 Å². The van der Waals surface area contributed by atoms with Crippen molar-refractivity contribution in [1.82, 2.24) is 15.6 Å². The van der Waals surface area contributed by atoms with Gasteiger partial charge >= 0.3 is 5.97 Å². The maximum Gasteiger partial charge on any atom is 0.328 e. The number of H-pyrrole nitrogens is 1. The van der Waals surface area contributed by atoms with Crippen molar-refractivity contribution in [1.29, 1.82) is 5.41 Å². The normalized spacial score (nSPS) is 12.8. The van der Waals surface area contributed by atoms with Gasteiger partial charge in [0.25, 0.3) is 0 Å². The van der Waals surface area contributed by atoms with E-state index in [1.807, 2.05) is 31.2 Å². The number of esters is 1. The molecule has 1 heterocycles. The lowest BCUT2D eigenvalue weighted by atomic mass is 10.0. The average Bonchev–Trinajstić information content (AvgIpc) is 3.04. The van der Waals surface area contributed by atoms with Gasteiger partial charge in [-0.2, -0.15) is 0 Å². The monoisotopic (exact) mass is 442 g/mol. The van der Waals surface area contributed by atoms with Gasteiger partial charge in [0.05, 0.1) is 12.3 Å². The lowest BCUT2D eigenvalue weighted by molar-refractivity contribution is -0.151. The molecule has 0 aliphatic heterocycles. The van der Waals surface area contributed by atoms with E-state index >= 15 is 0 Å². The van der Waals surface area contributed by atoms with Gasteiger partial charge in [0.15, 0.2) is 5.78 Å². The zero-order valence-corrected chi connectivity index (χ0v) is 18.8. The fraction of sp³-hybridized carbons (Fsp3) is 0.435. The minimum Gasteiger partial charge on any atom is -0.461 e. The first-order chi connectivity index (χ1) is 15.1. The third kappa shape index (κ3) is 6.76. The van der Waals surface area contributed by atoms with E-state index in [1.165, 1.54) is 6.92 Å². The van der Waals surface area contributed by atoms with Crippen LogP contribution in [0.2, 0.25) is 0 Å². The van der Waals surface area contributed by atoms with Gasteiger partial charge < -0.3 is 25.8 Å². The first-order valence-electron chi connectivity index (χ1n) is 10.5. The Kier molecular flexibility index (Phi) is 8.69. The summed E-state index contributed by atoms with van der Waals surface area (Å²) in [6, 6.07) is 5.65. The molecule has 9 heteroatoms. The van der Waals surface area contributed by atoms with E-state index in [1.54, 1.807) is 13.8 Å². The first-order valence-corrected chi connectivity index (χ1v) is 10.5. The third-order valence-electron chi connectivity index (χ3n) is 4.92. The topological polar surface area (TPSA) is 141 Å². The van der Waals surface area contributed by atoms with E-state index in [2.05, 4.69) is 15.6 Å². The molecule has 1 aromatic carbocycles. The maximum atomic E-state index is 13.1. The molecular weight excluding hydrogens is 412 g/mol. The summed E-state index contributed by atoms with van der Waals surface area (Å²) in [7, 11) is 0. The van der Waals surface area contributed by atoms with E-state index < -0.39 is 35.8 Å². The second-order valence-electron chi connectivity index (χ2n) is 7.93. The van der Waals surface area contributed by atoms with Crippen molar-refractivity contribution in [2.75, 3.05) is 0 Å². The molecule has 0 bridgehead atoms. The average molecular weight is 443 g/mol. The highest BCUT2D eigenvalue weighted by Gasteiger charge is 2.29. The SMILES string of the molecule is CC(=O)N[C@@H](Cc1c(C)[nH]c2ccccc12)C(=O)N[C@@H](CCC(=O)C=N)C(=O)OC(C)C. The van der Waals surface area contributed by atoms with Crippen LogP contribution in [0.3, 0.4) is 0 Å². The minimum atomic E-state index is -1.07. The Morgan fingerprint density at radius 1 is 1.12 bits per heavy atom. The molecule has 0 fully saturated rings. The molecule has 0 aliphatic carbocycles. The number of Topliss-reactive ketones (excluding diaryl/α,β-unsaturated/α-hetero) is 1. The lowest BCUT2D eigenvalue weighted by Gasteiger charge is -2.23. The Bertz CT molecular complexity index is 1010. The number of fused-ring (bicyclic) bond motifs is 1. The lowest BCUT2D eigenvalue weighted by Crippen LogP contribution is -2.52. The van der Waals surface area contributed by atoms with E-state index in [-0.39, 0.29) is 25.2 Å². The van der Waals surface area contributed by atoms with Crippen LogP contribution >= 0.6 is 0 Å². The van der Waals surface area contributed by atoms with Crippen molar-refractivity contribution < 1.29 is 23.9 Å². The zero-order chi connectivity index (χ0) is 23.8. The molecule has 0 aliphatic rings. The summed E-state index contributed by atoms with van der Waals surface area (Å²) in [6.45, 7) is 6.57. The zero-order valence-electron chi connectivity index (χ0n) is 18.8. The number of para-hydroxylation sites is 1. The molecular formula is C23H30N4O5. The molecule has 2 aromatic rings. The van der Waals surface area contributed by atoms with Gasteiger partial charge in [-0.15, -0.1) is 0 Å². The summed E-state index contributed by atoms with van der Waals surface area (Å²) >= 11 is 0. The van der Waals surface area contributed by atoms with Gasteiger partial charge in [0, 0.05) is 36.4 Å². The van der Waals surface area contributed by atoms with Crippen LogP contribution in [0, 0.1) is 12.3 Å². The Hall–Kier alpha value is -3.49. The number of aryl methyl sites for hydroxylation is 1. The van der Waals surface area contributed by atoms with Crippen molar-refractivity contribution in [3.05, 3.63) is 35.5 Å². The third-order valence-corrected chi connectivity index (χ3v) is 4.92. The van der Waals surface area contributed by atoms with Crippen molar-refractivity contribution >= 4 is 40.7 Å². The highest BCUT2D eigenvalue weighted by atomic mass is 16.5. The molecule has 2 amide bonds. The van der Waals surface area contributed by atoms with Crippen LogP contribution in [0.5, 0.6) is 0 Å². The predicted octanol–water partition coefficient (Wildman–Crippen LogP) is 1.96. The molecule has 0 saturated heterocycles. The van der Waals surface area contributed by atoms with Crippen LogP contribution < -0.4 is 10.6 Å². The molecule has 172 valence electrons. The highest BCUT2D eigenvalue weighted by molar-refractivity contribution is 6.26. The molecule has 0 saturated carbocycles. The first kappa shape index (κ1) is 24.8. The number of rotatable bonds is 11. The summed E-state index contributed by atoms with van der Waals surface area (Å²) < 4.78 is 5.21. The largest absolute Gasteiger partial charge is 0.461 e. The summed E-state index contributed by atoms with van der Waals surface area (Å²) in [5, 5.41) is 13.2. The van der Waals surface area contributed by atoms with Crippen LogP contribution in [-0.2, 0) is 30.3 Å². The van der Waals surface area contributed by atoms with E-state index in [9.17, 15) is 19.2 Å². The van der Waals surface area contributed by atoms with Crippen LogP contribution in [0.25, 0.3) is 10.9 Å². The molecule has 1 aromatic heterocycles. The van der Waals surface area contributed by atoms with Crippen LogP contribution in [0.4, 0.5) is 0 Å². The summed E-state index contributed by atoms with van der Waals surface area (Å²) in [5.74, 6) is -2.08. The quantitative estimate of drug-likeness (QED) is 0.311. The van der Waals surface area contributed by atoms with Crippen molar-refractivity contribution in [3.8, 4) is 0 Å². The van der Waals surface area contributed by atoms with Crippen molar-refractivity contribution in [2.45, 2.75) is 65.1 Å². The number of hydrogen-bond donors (Lipinski definition) is 4. The smallest absolute Gasteiger partial charge is 0.328 e. The van der Waals surface area contributed by atoms with Gasteiger partial charge in [-0.1, -0.05) is 18.2 Å². The van der Waals surface area contributed by atoms with Gasteiger partial charge in [0.1, 0.15) is 12.1 Å². The Labute approximate surface area is 186 Å². The summed E-state index contributed by atoms with van der Waals surface area (Å²) in [4.78, 5) is 52.2. The summed E-state index contributed by atoms with van der Waals surface area (Å²) in [5.41, 5.74) is 2.68. The Balaban J connectivity index is 2.25. The maximum absolute atomic E-state index is 13.1. The Morgan fingerprint density at radius 2 is 1.81 bits per heavy atom. The molecule has 32 heavy (non-hydrogen) atoms. The number of benzene rings is 1. The van der Waals surface area contributed by atoms with Crippen molar-refractivity contribution in [2.24, 2.45) is 0 Å². The highest BCUT2D eigenvalue weighted by Crippen LogP contribution is 2.23. The van der Waals surface area contributed by atoms with E-state index in [0.717, 1.165) is 22.2 Å². The van der Waals surface area contributed by atoms with E-state index in [4.69, 9.17) is 10.1 Å². The fourth-order valence-corrected chi connectivity index (χ4v) is 3.45. The van der Waals surface area contributed by atoms with Gasteiger partial charge in [-0.25, -0.2) is 4.79 Å². The number of amides is 2. The number of nitrogens with one attached hydrogen (secondary N) is 4. The van der Waals surface area contributed by atoms with Gasteiger partial charge in [-0.05, 0) is 38.8 Å². The molecule has 2 atom stereocenters. The predicted molar refractivity (Wildman–Crippen MR) is 121 cm³/mol. The van der Waals surface area contributed by atoms with Crippen LogP contribution in [0.1, 0.15) is 44.9 Å². The number of aromatic amines is 1.